The number of hydrogen-bond donors (Lipinski definition) is 2. The molecule has 0 aliphatic rings. The molecule has 4 heteroatoms. The number of rotatable bonds is 4. The Labute approximate surface area is 112 Å². The van der Waals surface area contributed by atoms with Gasteiger partial charge in [-0.05, 0) is 36.8 Å². The number of nitrogens with two attached hydrogens (primary N) is 1. The Balaban J connectivity index is 1.91. The van der Waals surface area contributed by atoms with Gasteiger partial charge in [0.25, 0.3) is 5.91 Å². The van der Waals surface area contributed by atoms with Crippen LogP contribution in [-0.4, -0.2) is 17.4 Å². The molecule has 0 spiro atoms. The summed E-state index contributed by atoms with van der Waals surface area (Å²) in [5, 5.41) is 2.85. The van der Waals surface area contributed by atoms with Crippen molar-refractivity contribution in [1.29, 1.82) is 0 Å². The monoisotopic (exact) mass is 255 g/mol. The predicted octanol–water partition coefficient (Wildman–Crippen LogP) is 1.94. The van der Waals surface area contributed by atoms with Crippen molar-refractivity contribution in [2.45, 2.75) is 13.3 Å². The van der Waals surface area contributed by atoms with Gasteiger partial charge in [-0.15, -0.1) is 0 Å². The number of nitrogen functional groups attached to an aromatic ring is 1. The maximum absolute atomic E-state index is 12.0. The summed E-state index contributed by atoms with van der Waals surface area (Å²) in [7, 11) is 0. The van der Waals surface area contributed by atoms with Crippen LogP contribution in [0, 0.1) is 6.92 Å². The van der Waals surface area contributed by atoms with Crippen molar-refractivity contribution in [1.82, 2.24) is 10.3 Å². The van der Waals surface area contributed by atoms with E-state index in [2.05, 4.69) is 10.3 Å². The number of aromatic nitrogens is 1. The Morgan fingerprint density at radius 1 is 1.32 bits per heavy atom. The molecule has 0 aliphatic carbocycles. The van der Waals surface area contributed by atoms with Gasteiger partial charge in [-0.2, -0.15) is 0 Å². The molecule has 98 valence electrons. The van der Waals surface area contributed by atoms with Gasteiger partial charge < -0.3 is 11.1 Å². The summed E-state index contributed by atoms with van der Waals surface area (Å²) >= 11 is 0. The fraction of sp³-hybridized carbons (Fsp3) is 0.200. The second kappa shape index (κ2) is 6.00. The molecule has 0 aliphatic heterocycles. The highest BCUT2D eigenvalue weighted by atomic mass is 16.1. The third-order valence-corrected chi connectivity index (χ3v) is 2.84. The van der Waals surface area contributed by atoms with Gasteiger partial charge >= 0.3 is 0 Å². The zero-order valence-corrected chi connectivity index (χ0v) is 10.9. The number of carbonyl (C=O) groups excluding carboxylic acids is 1. The molecule has 0 unspecified atom stereocenters. The van der Waals surface area contributed by atoms with Crippen molar-refractivity contribution in [2.24, 2.45) is 0 Å². The van der Waals surface area contributed by atoms with E-state index in [1.807, 2.05) is 31.2 Å². The molecule has 0 bridgehead atoms. The van der Waals surface area contributed by atoms with E-state index in [1.54, 1.807) is 18.3 Å². The highest BCUT2D eigenvalue weighted by molar-refractivity contribution is 5.99. The summed E-state index contributed by atoms with van der Waals surface area (Å²) in [6.07, 6.45) is 2.45. The van der Waals surface area contributed by atoms with Gasteiger partial charge in [0, 0.05) is 30.5 Å². The number of amides is 1. The number of pyridine rings is 1. The normalized spacial score (nSPS) is 10.2. The topological polar surface area (TPSA) is 68.0 Å². The Hall–Kier alpha value is -2.36. The van der Waals surface area contributed by atoms with E-state index >= 15 is 0 Å². The molecule has 1 amide bonds. The smallest absolute Gasteiger partial charge is 0.253 e. The number of nitrogens with one attached hydrogen (secondary N) is 1. The van der Waals surface area contributed by atoms with Gasteiger partial charge in [0.1, 0.15) is 0 Å². The SMILES string of the molecule is Cc1ccc(C(=O)NCCc2ccccn2)c(N)c1. The van der Waals surface area contributed by atoms with Gasteiger partial charge in [0.2, 0.25) is 0 Å². The summed E-state index contributed by atoms with van der Waals surface area (Å²) in [6.45, 7) is 2.49. The van der Waals surface area contributed by atoms with Crippen LogP contribution in [0.15, 0.2) is 42.6 Å². The molecule has 3 N–H and O–H groups in total. The number of anilines is 1. The van der Waals surface area contributed by atoms with Crippen LogP contribution in [0.25, 0.3) is 0 Å². The van der Waals surface area contributed by atoms with Crippen molar-refractivity contribution in [3.8, 4) is 0 Å². The number of nitrogens with zero attached hydrogens (tertiary/aromatic N) is 1. The Morgan fingerprint density at radius 2 is 2.16 bits per heavy atom. The van der Waals surface area contributed by atoms with Gasteiger partial charge in [-0.25, -0.2) is 0 Å². The third-order valence-electron chi connectivity index (χ3n) is 2.84. The molecule has 1 heterocycles. The molecule has 1 aromatic heterocycles. The fourth-order valence-corrected chi connectivity index (χ4v) is 1.83. The lowest BCUT2D eigenvalue weighted by molar-refractivity contribution is 0.0955. The van der Waals surface area contributed by atoms with E-state index in [9.17, 15) is 4.79 Å². The molecule has 1 aromatic carbocycles. The molecule has 0 radical (unpaired) electrons. The van der Waals surface area contributed by atoms with Gasteiger partial charge in [0.05, 0.1) is 5.56 Å². The van der Waals surface area contributed by atoms with Crippen LogP contribution in [0.4, 0.5) is 5.69 Å². The van der Waals surface area contributed by atoms with E-state index in [-0.39, 0.29) is 5.91 Å². The van der Waals surface area contributed by atoms with Crippen LogP contribution in [0.2, 0.25) is 0 Å². The van der Waals surface area contributed by atoms with Crippen molar-refractivity contribution in [2.75, 3.05) is 12.3 Å². The predicted molar refractivity (Wildman–Crippen MR) is 75.9 cm³/mol. The first-order chi connectivity index (χ1) is 9.16. The van der Waals surface area contributed by atoms with Crippen molar-refractivity contribution in [3.05, 3.63) is 59.4 Å². The summed E-state index contributed by atoms with van der Waals surface area (Å²) in [5.74, 6) is -0.145. The lowest BCUT2D eigenvalue weighted by Crippen LogP contribution is -2.26. The van der Waals surface area contributed by atoms with E-state index in [0.29, 0.717) is 24.2 Å². The van der Waals surface area contributed by atoms with Gasteiger partial charge in [-0.1, -0.05) is 12.1 Å². The molecule has 2 rings (SSSR count). The second-order valence-corrected chi connectivity index (χ2v) is 4.42. The largest absolute Gasteiger partial charge is 0.398 e. The van der Waals surface area contributed by atoms with Crippen molar-refractivity contribution in [3.63, 3.8) is 0 Å². The zero-order valence-electron chi connectivity index (χ0n) is 10.9. The molecule has 19 heavy (non-hydrogen) atoms. The van der Waals surface area contributed by atoms with Crippen LogP contribution >= 0.6 is 0 Å². The first-order valence-electron chi connectivity index (χ1n) is 6.21. The van der Waals surface area contributed by atoms with Crippen LogP contribution in [-0.2, 0) is 6.42 Å². The Morgan fingerprint density at radius 3 is 2.84 bits per heavy atom. The van der Waals surface area contributed by atoms with Crippen LogP contribution in [0.3, 0.4) is 0 Å². The number of hydrogen-bond acceptors (Lipinski definition) is 3. The van der Waals surface area contributed by atoms with Crippen molar-refractivity contribution < 1.29 is 4.79 Å². The molecule has 0 saturated heterocycles. The lowest BCUT2D eigenvalue weighted by atomic mass is 10.1. The summed E-state index contributed by atoms with van der Waals surface area (Å²) in [6, 6.07) is 11.2. The summed E-state index contributed by atoms with van der Waals surface area (Å²) in [5.41, 5.74) is 8.86. The average Bonchev–Trinajstić information content (AvgIpc) is 2.39. The molecular formula is C15H17N3O. The van der Waals surface area contributed by atoms with Gasteiger partial charge in [-0.3, -0.25) is 9.78 Å². The fourth-order valence-electron chi connectivity index (χ4n) is 1.83. The number of carbonyl (C=O) groups is 1. The lowest BCUT2D eigenvalue weighted by Gasteiger charge is -2.08. The second-order valence-electron chi connectivity index (χ2n) is 4.42. The standard InChI is InChI=1S/C15H17N3O/c1-11-5-6-13(14(16)10-11)15(19)18-9-7-12-4-2-3-8-17-12/h2-6,8,10H,7,9,16H2,1H3,(H,18,19). The van der Waals surface area contributed by atoms with E-state index in [4.69, 9.17) is 5.73 Å². The molecule has 0 atom stereocenters. The minimum Gasteiger partial charge on any atom is -0.398 e. The maximum Gasteiger partial charge on any atom is 0.253 e. The minimum atomic E-state index is -0.145. The highest BCUT2D eigenvalue weighted by Gasteiger charge is 2.08. The molecule has 4 nitrogen and oxygen atoms in total. The van der Waals surface area contributed by atoms with Crippen LogP contribution in [0.5, 0.6) is 0 Å². The summed E-state index contributed by atoms with van der Waals surface area (Å²) < 4.78 is 0. The number of benzene rings is 1. The van der Waals surface area contributed by atoms with Crippen LogP contribution < -0.4 is 11.1 Å². The quantitative estimate of drug-likeness (QED) is 0.820. The number of aryl methyl sites for hydroxylation is 1. The molecule has 0 fully saturated rings. The van der Waals surface area contributed by atoms with E-state index < -0.39 is 0 Å². The highest BCUT2D eigenvalue weighted by Crippen LogP contribution is 2.13. The average molecular weight is 255 g/mol. The summed E-state index contributed by atoms with van der Waals surface area (Å²) in [4.78, 5) is 16.2. The first-order valence-corrected chi connectivity index (χ1v) is 6.21. The van der Waals surface area contributed by atoms with Crippen molar-refractivity contribution >= 4 is 11.6 Å². The molecular weight excluding hydrogens is 238 g/mol. The Kier molecular flexibility index (Phi) is 4.13. The first kappa shape index (κ1) is 13.1. The minimum absolute atomic E-state index is 0.145. The van der Waals surface area contributed by atoms with Crippen LogP contribution in [0.1, 0.15) is 21.6 Å². The maximum atomic E-state index is 12.0. The van der Waals surface area contributed by atoms with E-state index in [1.165, 1.54) is 0 Å². The van der Waals surface area contributed by atoms with Gasteiger partial charge in [0.15, 0.2) is 0 Å². The molecule has 2 aromatic rings. The third kappa shape index (κ3) is 3.55. The van der Waals surface area contributed by atoms with E-state index in [0.717, 1.165) is 11.3 Å². The molecule has 0 saturated carbocycles. The Bertz CT molecular complexity index is 567. The zero-order chi connectivity index (χ0) is 13.7.